The van der Waals surface area contributed by atoms with Crippen molar-refractivity contribution >= 4 is 23.5 Å². The van der Waals surface area contributed by atoms with Gasteiger partial charge < -0.3 is 10.4 Å². The molecule has 2 aliphatic rings. The fourth-order valence-electron chi connectivity index (χ4n) is 4.07. The van der Waals surface area contributed by atoms with Gasteiger partial charge in [0.15, 0.2) is 0 Å². The third-order valence-electron chi connectivity index (χ3n) is 5.39. The van der Waals surface area contributed by atoms with Gasteiger partial charge in [-0.15, -0.1) is 0 Å². The quantitative estimate of drug-likeness (QED) is 0.884. The van der Waals surface area contributed by atoms with Crippen molar-refractivity contribution in [2.75, 3.05) is 0 Å². The molecule has 0 unspecified atom stereocenters. The molecule has 2 saturated carbocycles. The minimum absolute atomic E-state index is 0.0275. The molecule has 0 radical (unpaired) electrons. The first-order chi connectivity index (χ1) is 11.0. The molecule has 2 N–H and O–H groups in total. The standard InChI is InChI=1S/C18H22ClNO3/c19-14-5-3-4-13(11-14)18(8-1-2-9-18)17(23)20-15-7-6-12(10-15)16(21)22/h3-5,11-12,15H,1-2,6-10H2,(H,20,23)(H,21,22)/t12-,15+/m0/s1. The molecule has 2 fully saturated rings. The molecular formula is C18H22ClNO3. The third-order valence-corrected chi connectivity index (χ3v) is 5.62. The Labute approximate surface area is 141 Å². The number of carbonyl (C=O) groups is 2. The average molecular weight is 336 g/mol. The summed E-state index contributed by atoms with van der Waals surface area (Å²) in [6.45, 7) is 0. The number of halogens is 1. The molecule has 124 valence electrons. The van der Waals surface area contributed by atoms with Gasteiger partial charge in [-0.25, -0.2) is 0 Å². The lowest BCUT2D eigenvalue weighted by Gasteiger charge is -2.30. The third kappa shape index (κ3) is 3.23. The van der Waals surface area contributed by atoms with Gasteiger partial charge in [0.1, 0.15) is 0 Å². The maximum absolute atomic E-state index is 13.0. The first kappa shape index (κ1) is 16.3. The summed E-state index contributed by atoms with van der Waals surface area (Å²) < 4.78 is 0. The number of rotatable bonds is 4. The summed E-state index contributed by atoms with van der Waals surface area (Å²) in [5.41, 5.74) is 0.472. The van der Waals surface area contributed by atoms with Crippen LogP contribution >= 0.6 is 11.6 Å². The number of carboxylic acids is 1. The van der Waals surface area contributed by atoms with Crippen molar-refractivity contribution in [1.29, 1.82) is 0 Å². The fraction of sp³-hybridized carbons (Fsp3) is 0.556. The Balaban J connectivity index is 1.76. The smallest absolute Gasteiger partial charge is 0.306 e. The van der Waals surface area contributed by atoms with Crippen molar-refractivity contribution in [1.82, 2.24) is 5.32 Å². The number of carboxylic acid groups (broad SMARTS) is 1. The van der Waals surface area contributed by atoms with Crippen LogP contribution < -0.4 is 5.32 Å². The second-order valence-electron chi connectivity index (χ2n) is 6.82. The van der Waals surface area contributed by atoms with Gasteiger partial charge in [0.2, 0.25) is 5.91 Å². The minimum atomic E-state index is -0.757. The Morgan fingerprint density at radius 2 is 1.96 bits per heavy atom. The number of hydrogen-bond donors (Lipinski definition) is 2. The van der Waals surface area contributed by atoms with Crippen LogP contribution in [0.4, 0.5) is 0 Å². The molecule has 0 bridgehead atoms. The molecule has 2 atom stereocenters. The molecule has 23 heavy (non-hydrogen) atoms. The van der Waals surface area contributed by atoms with E-state index in [-0.39, 0.29) is 17.9 Å². The molecule has 0 spiro atoms. The van der Waals surface area contributed by atoms with E-state index >= 15 is 0 Å². The van der Waals surface area contributed by atoms with Crippen LogP contribution in [0.1, 0.15) is 50.5 Å². The Bertz CT molecular complexity index is 610. The van der Waals surface area contributed by atoms with Crippen molar-refractivity contribution < 1.29 is 14.7 Å². The average Bonchev–Trinajstić information content (AvgIpc) is 3.17. The van der Waals surface area contributed by atoms with Crippen LogP contribution in [0.3, 0.4) is 0 Å². The summed E-state index contributed by atoms with van der Waals surface area (Å²) in [4.78, 5) is 24.1. The summed E-state index contributed by atoms with van der Waals surface area (Å²) in [7, 11) is 0. The minimum Gasteiger partial charge on any atom is -0.481 e. The summed E-state index contributed by atoms with van der Waals surface area (Å²) in [6, 6.07) is 7.55. The zero-order valence-corrected chi connectivity index (χ0v) is 13.8. The molecule has 2 aliphatic carbocycles. The van der Waals surface area contributed by atoms with Crippen molar-refractivity contribution in [2.24, 2.45) is 5.92 Å². The summed E-state index contributed by atoms with van der Waals surface area (Å²) in [5.74, 6) is -1.05. The molecular weight excluding hydrogens is 314 g/mol. The summed E-state index contributed by atoms with van der Waals surface area (Å²) in [6.07, 6.45) is 5.64. The van der Waals surface area contributed by atoms with Crippen LogP contribution in [0.15, 0.2) is 24.3 Å². The normalized spacial score (nSPS) is 26.1. The van der Waals surface area contributed by atoms with Gasteiger partial charge in [-0.3, -0.25) is 9.59 Å². The highest BCUT2D eigenvalue weighted by atomic mass is 35.5. The van der Waals surface area contributed by atoms with Crippen molar-refractivity contribution in [3.63, 3.8) is 0 Å². The van der Waals surface area contributed by atoms with Gasteiger partial charge in [0.25, 0.3) is 0 Å². The van der Waals surface area contributed by atoms with Crippen molar-refractivity contribution in [3.8, 4) is 0 Å². The van der Waals surface area contributed by atoms with Gasteiger partial charge in [0, 0.05) is 11.1 Å². The predicted octanol–water partition coefficient (Wildman–Crippen LogP) is 3.52. The first-order valence-corrected chi connectivity index (χ1v) is 8.69. The molecule has 0 aliphatic heterocycles. The predicted molar refractivity (Wildman–Crippen MR) is 88.5 cm³/mol. The molecule has 1 amide bonds. The highest BCUT2D eigenvalue weighted by Gasteiger charge is 2.44. The van der Waals surface area contributed by atoms with Gasteiger partial charge in [-0.1, -0.05) is 36.6 Å². The maximum Gasteiger partial charge on any atom is 0.306 e. The van der Waals surface area contributed by atoms with Crippen LogP contribution in [0, 0.1) is 5.92 Å². The Morgan fingerprint density at radius 1 is 1.22 bits per heavy atom. The van der Waals surface area contributed by atoms with Crippen LogP contribution in [0.25, 0.3) is 0 Å². The van der Waals surface area contributed by atoms with E-state index in [9.17, 15) is 9.59 Å². The molecule has 3 rings (SSSR count). The number of carbonyl (C=O) groups excluding carboxylic acids is 1. The SMILES string of the molecule is O=C(O)[C@H]1CC[C@@H](NC(=O)C2(c3cccc(Cl)c3)CCCC2)C1. The highest BCUT2D eigenvalue weighted by molar-refractivity contribution is 6.30. The highest BCUT2D eigenvalue weighted by Crippen LogP contribution is 2.42. The number of amides is 1. The van der Waals surface area contributed by atoms with E-state index in [1.54, 1.807) is 0 Å². The Hall–Kier alpha value is -1.55. The Morgan fingerprint density at radius 3 is 2.57 bits per heavy atom. The lowest BCUT2D eigenvalue weighted by molar-refractivity contribution is -0.141. The van der Waals surface area contributed by atoms with E-state index in [0.29, 0.717) is 17.9 Å². The van der Waals surface area contributed by atoms with Crippen LogP contribution in [0.5, 0.6) is 0 Å². The molecule has 0 heterocycles. The van der Waals surface area contributed by atoms with E-state index in [2.05, 4.69) is 5.32 Å². The summed E-state index contributed by atoms with van der Waals surface area (Å²) in [5, 5.41) is 12.9. The van der Waals surface area contributed by atoms with Gasteiger partial charge in [-0.2, -0.15) is 0 Å². The molecule has 1 aromatic carbocycles. The molecule has 5 heteroatoms. The number of benzene rings is 1. The zero-order chi connectivity index (χ0) is 16.4. The van der Waals surface area contributed by atoms with Gasteiger partial charge >= 0.3 is 5.97 Å². The van der Waals surface area contributed by atoms with E-state index in [4.69, 9.17) is 16.7 Å². The van der Waals surface area contributed by atoms with E-state index in [1.807, 2.05) is 24.3 Å². The second-order valence-corrected chi connectivity index (χ2v) is 7.25. The van der Waals surface area contributed by atoms with E-state index in [1.165, 1.54) is 0 Å². The van der Waals surface area contributed by atoms with Crippen molar-refractivity contribution in [2.45, 2.75) is 56.4 Å². The van der Waals surface area contributed by atoms with Crippen LogP contribution in [-0.2, 0) is 15.0 Å². The van der Waals surface area contributed by atoms with Crippen LogP contribution in [-0.4, -0.2) is 23.0 Å². The number of hydrogen-bond acceptors (Lipinski definition) is 2. The molecule has 0 aromatic heterocycles. The zero-order valence-electron chi connectivity index (χ0n) is 13.1. The van der Waals surface area contributed by atoms with Crippen molar-refractivity contribution in [3.05, 3.63) is 34.9 Å². The lowest BCUT2D eigenvalue weighted by atomic mass is 9.77. The monoisotopic (exact) mass is 335 g/mol. The number of nitrogens with one attached hydrogen (secondary N) is 1. The van der Waals surface area contributed by atoms with Crippen LogP contribution in [0.2, 0.25) is 5.02 Å². The maximum atomic E-state index is 13.0. The summed E-state index contributed by atoms with van der Waals surface area (Å²) >= 11 is 6.12. The fourth-order valence-corrected chi connectivity index (χ4v) is 4.26. The lowest BCUT2D eigenvalue weighted by Crippen LogP contribution is -2.46. The second kappa shape index (κ2) is 6.52. The molecule has 0 saturated heterocycles. The molecule has 1 aromatic rings. The first-order valence-electron chi connectivity index (χ1n) is 8.31. The number of aliphatic carboxylic acids is 1. The Kier molecular flexibility index (Phi) is 4.62. The van der Waals surface area contributed by atoms with Gasteiger partial charge in [-0.05, 0) is 49.8 Å². The van der Waals surface area contributed by atoms with E-state index < -0.39 is 11.4 Å². The topological polar surface area (TPSA) is 66.4 Å². The van der Waals surface area contributed by atoms with Gasteiger partial charge in [0.05, 0.1) is 11.3 Å². The van der Waals surface area contributed by atoms with E-state index in [0.717, 1.165) is 37.7 Å². The molecule has 4 nitrogen and oxygen atoms in total. The largest absolute Gasteiger partial charge is 0.481 e.